The van der Waals surface area contributed by atoms with E-state index in [1.165, 1.54) is 18.2 Å². The van der Waals surface area contributed by atoms with Crippen LogP contribution in [0.2, 0.25) is 0 Å². The number of hydrogen-bond donors (Lipinski definition) is 2. The van der Waals surface area contributed by atoms with E-state index in [2.05, 4.69) is 5.32 Å². The molecular formula is C13H17N3O4. The van der Waals surface area contributed by atoms with Crippen molar-refractivity contribution in [3.8, 4) is 0 Å². The van der Waals surface area contributed by atoms with Crippen molar-refractivity contribution in [1.82, 2.24) is 5.32 Å². The second-order valence-corrected chi connectivity index (χ2v) is 4.90. The standard InChI is InChI=1S/C13H17N3O4/c1-20-7-12(8-2-3-8)15-13(17)10-6-9(16(18)19)4-5-11(10)14/h4-6,8,12H,2-3,7,14H2,1H3,(H,15,17)/t12-/m1/s1. The number of carbonyl (C=O) groups excluding carboxylic acids is 1. The first-order valence-electron chi connectivity index (χ1n) is 6.36. The molecular weight excluding hydrogens is 262 g/mol. The lowest BCUT2D eigenvalue weighted by Gasteiger charge is -2.17. The van der Waals surface area contributed by atoms with Gasteiger partial charge in [-0.1, -0.05) is 0 Å². The average Bonchev–Trinajstić information content (AvgIpc) is 3.22. The number of ether oxygens (including phenoxy) is 1. The Labute approximate surface area is 116 Å². The smallest absolute Gasteiger partial charge is 0.270 e. The third-order valence-corrected chi connectivity index (χ3v) is 3.35. The van der Waals surface area contributed by atoms with Crippen LogP contribution in [0.3, 0.4) is 0 Å². The fourth-order valence-electron chi connectivity index (χ4n) is 2.07. The summed E-state index contributed by atoms with van der Waals surface area (Å²) in [5, 5.41) is 13.6. The highest BCUT2D eigenvalue weighted by atomic mass is 16.6. The number of methoxy groups -OCH3 is 1. The van der Waals surface area contributed by atoms with Crippen LogP contribution in [0.15, 0.2) is 18.2 Å². The SMILES string of the molecule is COC[C@@H](NC(=O)c1cc([N+](=O)[O-])ccc1N)C1CC1. The number of benzene rings is 1. The van der Waals surface area contributed by atoms with Crippen molar-refractivity contribution in [2.45, 2.75) is 18.9 Å². The molecule has 1 aromatic carbocycles. The Kier molecular flexibility index (Phi) is 4.19. The molecule has 0 unspecified atom stereocenters. The number of non-ortho nitro benzene ring substituents is 1. The second kappa shape index (κ2) is 5.87. The molecule has 0 radical (unpaired) electrons. The molecule has 2 rings (SSSR count). The van der Waals surface area contributed by atoms with Crippen LogP contribution >= 0.6 is 0 Å². The Balaban J connectivity index is 2.15. The lowest BCUT2D eigenvalue weighted by molar-refractivity contribution is -0.384. The number of carbonyl (C=O) groups is 1. The number of nitro benzene ring substituents is 1. The molecule has 0 heterocycles. The molecule has 1 aliphatic rings. The normalized spacial score (nSPS) is 15.7. The minimum Gasteiger partial charge on any atom is -0.398 e. The van der Waals surface area contributed by atoms with Gasteiger partial charge in [0.1, 0.15) is 0 Å². The van der Waals surface area contributed by atoms with E-state index in [9.17, 15) is 14.9 Å². The summed E-state index contributed by atoms with van der Waals surface area (Å²) < 4.78 is 5.08. The molecule has 1 atom stereocenters. The highest BCUT2D eigenvalue weighted by molar-refractivity contribution is 6.00. The van der Waals surface area contributed by atoms with Crippen molar-refractivity contribution in [2.75, 3.05) is 19.5 Å². The third-order valence-electron chi connectivity index (χ3n) is 3.35. The van der Waals surface area contributed by atoms with Crippen LogP contribution in [0.1, 0.15) is 23.2 Å². The zero-order chi connectivity index (χ0) is 14.7. The Hall–Kier alpha value is -2.15. The molecule has 0 saturated heterocycles. The van der Waals surface area contributed by atoms with Crippen LogP contribution in [0.4, 0.5) is 11.4 Å². The summed E-state index contributed by atoms with van der Waals surface area (Å²) in [5.41, 5.74) is 5.91. The molecule has 7 heteroatoms. The van der Waals surface area contributed by atoms with E-state index < -0.39 is 10.8 Å². The molecule has 7 nitrogen and oxygen atoms in total. The predicted molar refractivity (Wildman–Crippen MR) is 73.4 cm³/mol. The monoisotopic (exact) mass is 279 g/mol. The molecule has 0 bridgehead atoms. The summed E-state index contributed by atoms with van der Waals surface area (Å²) in [6.45, 7) is 0.422. The van der Waals surface area contributed by atoms with Gasteiger partial charge in [-0.25, -0.2) is 0 Å². The maximum Gasteiger partial charge on any atom is 0.270 e. The first-order valence-corrected chi connectivity index (χ1v) is 6.36. The average molecular weight is 279 g/mol. The van der Waals surface area contributed by atoms with Crippen LogP contribution < -0.4 is 11.1 Å². The molecule has 1 saturated carbocycles. The molecule has 20 heavy (non-hydrogen) atoms. The fraction of sp³-hybridized carbons (Fsp3) is 0.462. The van der Waals surface area contributed by atoms with Crippen molar-refractivity contribution >= 4 is 17.3 Å². The molecule has 1 aliphatic carbocycles. The lowest BCUT2D eigenvalue weighted by Crippen LogP contribution is -2.39. The van der Waals surface area contributed by atoms with Gasteiger partial charge in [-0.15, -0.1) is 0 Å². The minimum atomic E-state index is -0.552. The summed E-state index contributed by atoms with van der Waals surface area (Å²) in [6.07, 6.45) is 2.11. The van der Waals surface area contributed by atoms with Gasteiger partial charge in [-0.05, 0) is 24.8 Å². The lowest BCUT2D eigenvalue weighted by atomic mass is 10.1. The van der Waals surface area contributed by atoms with Crippen molar-refractivity contribution in [3.63, 3.8) is 0 Å². The van der Waals surface area contributed by atoms with Crippen LogP contribution in [0, 0.1) is 16.0 Å². The highest BCUT2D eigenvalue weighted by Gasteiger charge is 2.32. The largest absolute Gasteiger partial charge is 0.398 e. The molecule has 0 aliphatic heterocycles. The van der Waals surface area contributed by atoms with E-state index in [4.69, 9.17) is 10.5 Å². The van der Waals surface area contributed by atoms with Crippen molar-refractivity contribution in [3.05, 3.63) is 33.9 Å². The number of nitrogens with two attached hydrogens (primary N) is 1. The van der Waals surface area contributed by atoms with Gasteiger partial charge in [-0.2, -0.15) is 0 Å². The minimum absolute atomic E-state index is 0.0776. The summed E-state index contributed by atoms with van der Waals surface area (Å²) in [5.74, 6) is 0.0129. The van der Waals surface area contributed by atoms with E-state index in [-0.39, 0.29) is 23.0 Å². The van der Waals surface area contributed by atoms with Gasteiger partial charge < -0.3 is 15.8 Å². The topological polar surface area (TPSA) is 107 Å². The highest BCUT2D eigenvalue weighted by Crippen LogP contribution is 2.33. The summed E-state index contributed by atoms with van der Waals surface area (Å²) >= 11 is 0. The number of nitro groups is 1. The van der Waals surface area contributed by atoms with Gasteiger partial charge in [0.05, 0.1) is 23.1 Å². The third kappa shape index (κ3) is 3.24. The molecule has 108 valence electrons. The quantitative estimate of drug-likeness (QED) is 0.464. The first kappa shape index (κ1) is 14.3. The molecule has 1 amide bonds. The van der Waals surface area contributed by atoms with Gasteiger partial charge in [0.2, 0.25) is 0 Å². The van der Waals surface area contributed by atoms with Crippen LogP contribution in [-0.4, -0.2) is 30.6 Å². The van der Waals surface area contributed by atoms with Gasteiger partial charge >= 0.3 is 0 Å². The molecule has 0 spiro atoms. The Morgan fingerprint density at radius 1 is 1.60 bits per heavy atom. The Bertz CT molecular complexity index is 528. The first-order chi connectivity index (χ1) is 9.52. The number of hydrogen-bond acceptors (Lipinski definition) is 5. The summed E-state index contributed by atoms with van der Waals surface area (Å²) in [4.78, 5) is 22.4. The number of nitrogen functional groups attached to an aromatic ring is 1. The number of amides is 1. The van der Waals surface area contributed by atoms with E-state index in [0.29, 0.717) is 12.5 Å². The van der Waals surface area contributed by atoms with Gasteiger partial charge in [0.15, 0.2) is 0 Å². The van der Waals surface area contributed by atoms with Crippen LogP contribution in [0.25, 0.3) is 0 Å². The number of rotatable bonds is 6. The molecule has 1 aromatic rings. The van der Waals surface area contributed by atoms with E-state index >= 15 is 0 Å². The van der Waals surface area contributed by atoms with E-state index in [1.54, 1.807) is 7.11 Å². The maximum atomic E-state index is 12.2. The van der Waals surface area contributed by atoms with Gasteiger partial charge in [0, 0.05) is 24.9 Å². The van der Waals surface area contributed by atoms with Crippen LogP contribution in [-0.2, 0) is 4.74 Å². The molecule has 0 aromatic heterocycles. The van der Waals surface area contributed by atoms with E-state index in [1.807, 2.05) is 0 Å². The van der Waals surface area contributed by atoms with Crippen molar-refractivity contribution in [1.29, 1.82) is 0 Å². The Morgan fingerprint density at radius 2 is 2.30 bits per heavy atom. The van der Waals surface area contributed by atoms with Crippen molar-refractivity contribution in [2.24, 2.45) is 5.92 Å². The zero-order valence-electron chi connectivity index (χ0n) is 11.2. The summed E-state index contributed by atoms with van der Waals surface area (Å²) in [7, 11) is 1.57. The Morgan fingerprint density at radius 3 is 2.85 bits per heavy atom. The van der Waals surface area contributed by atoms with Gasteiger partial charge in [0.25, 0.3) is 11.6 Å². The number of nitrogens with one attached hydrogen (secondary N) is 1. The number of nitrogens with zero attached hydrogens (tertiary/aromatic N) is 1. The summed E-state index contributed by atoms with van der Waals surface area (Å²) in [6, 6.07) is 3.77. The predicted octanol–water partition coefficient (Wildman–Crippen LogP) is 1.33. The second-order valence-electron chi connectivity index (χ2n) is 4.90. The van der Waals surface area contributed by atoms with E-state index in [0.717, 1.165) is 12.8 Å². The molecule has 1 fully saturated rings. The number of anilines is 1. The van der Waals surface area contributed by atoms with Gasteiger partial charge in [-0.3, -0.25) is 14.9 Å². The zero-order valence-corrected chi connectivity index (χ0v) is 11.2. The maximum absolute atomic E-state index is 12.2. The molecule has 3 N–H and O–H groups in total. The van der Waals surface area contributed by atoms with Crippen molar-refractivity contribution < 1.29 is 14.5 Å². The van der Waals surface area contributed by atoms with Crippen LogP contribution in [0.5, 0.6) is 0 Å². The fourth-order valence-corrected chi connectivity index (χ4v) is 2.07.